The van der Waals surface area contributed by atoms with Crippen LogP contribution in [0, 0.1) is 5.92 Å². The number of primary amides is 1. The number of ether oxygens (including phenoxy) is 1. The molecule has 0 radical (unpaired) electrons. The molecule has 184 valence electrons. The van der Waals surface area contributed by atoms with E-state index in [1.54, 1.807) is 0 Å². The minimum Gasteiger partial charge on any atom is -0.478 e. The van der Waals surface area contributed by atoms with Gasteiger partial charge in [-0.15, -0.1) is 13.2 Å². The first kappa shape index (κ1) is 24.2. The summed E-state index contributed by atoms with van der Waals surface area (Å²) in [6, 6.07) is 8.97. The van der Waals surface area contributed by atoms with Crippen molar-refractivity contribution in [1.29, 1.82) is 0 Å². The van der Waals surface area contributed by atoms with Crippen molar-refractivity contribution < 1.29 is 47.0 Å². The second-order valence-electron chi connectivity index (χ2n) is 7.84. The first-order valence-electron chi connectivity index (χ1n) is 10.2. The molecule has 35 heavy (non-hydrogen) atoms. The number of nitrogens with zero attached hydrogens (tertiary/aromatic N) is 2. The van der Waals surface area contributed by atoms with Crippen LogP contribution in [0.3, 0.4) is 0 Å². The predicted molar refractivity (Wildman–Crippen MR) is 111 cm³/mol. The molecular weight excluding hydrogens is 475 g/mol. The lowest BCUT2D eigenvalue weighted by atomic mass is 9.90. The highest BCUT2D eigenvalue weighted by Crippen LogP contribution is 2.46. The Morgan fingerprint density at radius 1 is 1.09 bits per heavy atom. The van der Waals surface area contributed by atoms with Crippen molar-refractivity contribution in [3.63, 3.8) is 0 Å². The number of imide groups is 1. The van der Waals surface area contributed by atoms with Crippen LogP contribution in [0.15, 0.2) is 48.5 Å². The molecule has 0 spiro atoms. The van der Waals surface area contributed by atoms with Gasteiger partial charge in [-0.3, -0.25) is 19.2 Å². The molecule has 0 saturated carbocycles. The van der Waals surface area contributed by atoms with E-state index in [0.29, 0.717) is 0 Å². The normalized spacial score (nSPS) is 22.4. The Bertz CT molecular complexity index is 1200. The maximum atomic E-state index is 13.4. The summed E-state index contributed by atoms with van der Waals surface area (Å²) in [6.07, 6.45) is -6.51. The van der Waals surface area contributed by atoms with Gasteiger partial charge in [0.05, 0.1) is 23.2 Å². The Kier molecular flexibility index (Phi) is 6.21. The number of carboxylic acid groups (broad SMARTS) is 1. The lowest BCUT2D eigenvalue weighted by molar-refractivity contribution is -0.274. The van der Waals surface area contributed by atoms with Crippen LogP contribution in [0.1, 0.15) is 28.4 Å². The molecule has 2 heterocycles. The van der Waals surface area contributed by atoms with Crippen LogP contribution in [-0.2, 0) is 19.2 Å². The largest absolute Gasteiger partial charge is 0.573 e. The number of carbonyl (C=O) groups is 4. The number of nitrogens with two attached hydrogens (primary N) is 1. The number of fused-ring (bicyclic) bond motifs is 1. The Morgan fingerprint density at radius 3 is 2.46 bits per heavy atom. The van der Waals surface area contributed by atoms with Crippen molar-refractivity contribution in [1.82, 2.24) is 5.06 Å². The number of rotatable bonds is 7. The van der Waals surface area contributed by atoms with Gasteiger partial charge in [-0.05, 0) is 35.9 Å². The molecule has 4 rings (SSSR count). The van der Waals surface area contributed by atoms with E-state index in [4.69, 9.17) is 10.6 Å². The maximum absolute atomic E-state index is 13.4. The fraction of sp³-hybridized carbons (Fsp3) is 0.273. The molecule has 3 N–H and O–H groups in total. The zero-order valence-corrected chi connectivity index (χ0v) is 17.8. The summed E-state index contributed by atoms with van der Waals surface area (Å²) in [4.78, 5) is 55.7. The smallest absolute Gasteiger partial charge is 0.478 e. The van der Waals surface area contributed by atoms with E-state index >= 15 is 0 Å². The molecular formula is C22H18F3N3O7. The van der Waals surface area contributed by atoms with E-state index in [2.05, 4.69) is 4.74 Å². The maximum Gasteiger partial charge on any atom is 0.573 e. The van der Waals surface area contributed by atoms with Gasteiger partial charge in [-0.2, -0.15) is 5.06 Å². The molecule has 2 aromatic rings. The van der Waals surface area contributed by atoms with Crippen LogP contribution in [0.4, 0.5) is 18.9 Å². The predicted octanol–water partition coefficient (Wildman–Crippen LogP) is 2.01. The van der Waals surface area contributed by atoms with Crippen LogP contribution >= 0.6 is 0 Å². The number of anilines is 1. The summed E-state index contributed by atoms with van der Waals surface area (Å²) in [5, 5.41) is 10.4. The Morgan fingerprint density at radius 2 is 1.80 bits per heavy atom. The van der Waals surface area contributed by atoms with Gasteiger partial charge in [0.2, 0.25) is 11.8 Å². The van der Waals surface area contributed by atoms with Crippen LogP contribution in [0.5, 0.6) is 5.75 Å². The summed E-state index contributed by atoms with van der Waals surface area (Å²) in [5.74, 6) is -5.21. The number of benzene rings is 2. The molecule has 0 aromatic heterocycles. The number of halogens is 3. The number of carbonyl (C=O) groups excluding carboxylic acids is 3. The zero-order chi connectivity index (χ0) is 25.5. The van der Waals surface area contributed by atoms with Crippen molar-refractivity contribution in [3.8, 4) is 5.75 Å². The Balaban J connectivity index is 1.72. The molecule has 2 aromatic carbocycles. The molecule has 2 aliphatic rings. The van der Waals surface area contributed by atoms with Gasteiger partial charge in [-0.1, -0.05) is 18.2 Å². The number of hydrogen-bond donors (Lipinski definition) is 2. The van der Waals surface area contributed by atoms with Gasteiger partial charge in [-0.25, -0.2) is 9.69 Å². The third-order valence-electron chi connectivity index (χ3n) is 5.56. The highest BCUT2D eigenvalue weighted by molar-refractivity contribution is 6.23. The van der Waals surface area contributed by atoms with E-state index in [9.17, 15) is 37.5 Å². The monoisotopic (exact) mass is 493 g/mol. The summed E-state index contributed by atoms with van der Waals surface area (Å²) in [5.41, 5.74) is 5.23. The first-order chi connectivity index (χ1) is 16.5. The second-order valence-corrected chi connectivity index (χ2v) is 7.84. The van der Waals surface area contributed by atoms with Crippen LogP contribution in [0.2, 0.25) is 0 Å². The van der Waals surface area contributed by atoms with Crippen molar-refractivity contribution >= 4 is 29.4 Å². The standard InChI is InChI=1S/C22H18F3N3O7/c23-22(24,25)34-14-6-2-3-11(10-14)17-16-18(35-27(17)8-7-15(26)29)20(31)28(19(16)30)13-5-1-4-12(9-13)21(32)33/h1-6,9-10,16-18H,7-8H2,(H2,26,29)(H,32,33). The molecule has 13 heteroatoms. The van der Waals surface area contributed by atoms with E-state index in [1.807, 2.05) is 0 Å². The summed E-state index contributed by atoms with van der Waals surface area (Å²) in [7, 11) is 0. The summed E-state index contributed by atoms with van der Waals surface area (Å²) in [6.45, 7) is -0.133. The first-order valence-corrected chi connectivity index (χ1v) is 10.2. The van der Waals surface area contributed by atoms with Crippen molar-refractivity contribution in [3.05, 3.63) is 59.7 Å². The minimum atomic E-state index is -4.95. The molecule has 3 atom stereocenters. The van der Waals surface area contributed by atoms with Crippen molar-refractivity contribution in [2.24, 2.45) is 11.7 Å². The number of amides is 3. The molecule has 2 fully saturated rings. The third-order valence-corrected chi connectivity index (χ3v) is 5.56. The van der Waals surface area contributed by atoms with Crippen LogP contribution < -0.4 is 15.4 Å². The van der Waals surface area contributed by atoms with Gasteiger partial charge in [0, 0.05) is 13.0 Å². The Hall–Kier alpha value is -3.97. The van der Waals surface area contributed by atoms with Crippen molar-refractivity contribution in [2.45, 2.75) is 24.9 Å². The number of aromatic carboxylic acids is 1. The molecule has 2 aliphatic heterocycles. The molecule has 10 nitrogen and oxygen atoms in total. The van der Waals surface area contributed by atoms with Crippen molar-refractivity contribution in [2.75, 3.05) is 11.4 Å². The fourth-order valence-corrected chi connectivity index (χ4v) is 4.18. The fourth-order valence-electron chi connectivity index (χ4n) is 4.18. The average Bonchev–Trinajstić information content (AvgIpc) is 3.26. The minimum absolute atomic E-state index is 0.00879. The molecule has 2 saturated heterocycles. The van der Waals surface area contributed by atoms with E-state index in [0.717, 1.165) is 23.1 Å². The highest BCUT2D eigenvalue weighted by Gasteiger charge is 2.60. The SMILES string of the molecule is NC(=O)CCN1OC2C(=O)N(c3cccc(C(=O)O)c3)C(=O)C2C1c1cccc(OC(F)(F)F)c1. The molecule has 0 bridgehead atoms. The van der Waals surface area contributed by atoms with Gasteiger partial charge in [0.25, 0.3) is 5.91 Å². The van der Waals surface area contributed by atoms with Gasteiger partial charge in [0.1, 0.15) is 5.75 Å². The number of hydroxylamine groups is 2. The number of hydrogen-bond acceptors (Lipinski definition) is 7. The average molecular weight is 493 g/mol. The molecule has 0 aliphatic carbocycles. The van der Waals surface area contributed by atoms with Crippen LogP contribution in [0.25, 0.3) is 0 Å². The third kappa shape index (κ3) is 4.81. The van der Waals surface area contributed by atoms with E-state index in [1.165, 1.54) is 35.4 Å². The number of alkyl halides is 3. The zero-order valence-electron chi connectivity index (χ0n) is 17.8. The van der Waals surface area contributed by atoms with E-state index < -0.39 is 53.9 Å². The quantitative estimate of drug-likeness (QED) is 0.559. The topological polar surface area (TPSA) is 139 Å². The number of carboxylic acids is 1. The lowest BCUT2D eigenvalue weighted by Gasteiger charge is -2.27. The van der Waals surface area contributed by atoms with Gasteiger partial charge in [0.15, 0.2) is 6.10 Å². The van der Waals surface area contributed by atoms with Gasteiger partial charge < -0.3 is 15.6 Å². The highest BCUT2D eigenvalue weighted by atomic mass is 19.4. The Labute approximate surface area is 195 Å². The van der Waals surface area contributed by atoms with Crippen LogP contribution in [-0.4, -0.2) is 52.9 Å². The van der Waals surface area contributed by atoms with Gasteiger partial charge >= 0.3 is 12.3 Å². The second kappa shape index (κ2) is 9.00. The summed E-state index contributed by atoms with van der Waals surface area (Å²) >= 11 is 0. The molecule has 3 amide bonds. The summed E-state index contributed by atoms with van der Waals surface area (Å²) < 4.78 is 42.2. The van der Waals surface area contributed by atoms with E-state index in [-0.39, 0.29) is 29.8 Å². The molecule has 3 unspecified atom stereocenters. The lowest BCUT2D eigenvalue weighted by Crippen LogP contribution is -2.38.